The first-order chi connectivity index (χ1) is 7.74. The molecule has 5 heteroatoms. The third-order valence-electron chi connectivity index (χ3n) is 3.33. The standard InChI is InChI=1S/C11H14N4O/c12-11(16)9-6-10-14(4-5-15(10)13-9)7-8-2-1-3-8/h4-6,8H,1-3,7H2,(H2,12,16). The second kappa shape index (κ2) is 3.37. The summed E-state index contributed by atoms with van der Waals surface area (Å²) in [6.07, 6.45) is 7.82. The number of carbonyl (C=O) groups is 1. The van der Waals surface area contributed by atoms with Crippen LogP contribution in [0.2, 0.25) is 0 Å². The normalized spacial score (nSPS) is 16.5. The molecule has 1 aliphatic carbocycles. The zero-order valence-corrected chi connectivity index (χ0v) is 8.97. The summed E-state index contributed by atoms with van der Waals surface area (Å²) in [5, 5.41) is 4.11. The van der Waals surface area contributed by atoms with E-state index >= 15 is 0 Å². The third-order valence-corrected chi connectivity index (χ3v) is 3.33. The molecule has 2 aromatic heterocycles. The van der Waals surface area contributed by atoms with Gasteiger partial charge in [0.15, 0.2) is 5.69 Å². The van der Waals surface area contributed by atoms with E-state index in [1.807, 2.05) is 12.4 Å². The molecule has 0 unspecified atom stereocenters. The summed E-state index contributed by atoms with van der Waals surface area (Å²) in [7, 11) is 0. The van der Waals surface area contributed by atoms with Gasteiger partial charge in [0.25, 0.3) is 5.91 Å². The number of fused-ring (bicyclic) bond motifs is 1. The Labute approximate surface area is 92.8 Å². The Balaban J connectivity index is 1.94. The van der Waals surface area contributed by atoms with E-state index in [4.69, 9.17) is 5.73 Å². The summed E-state index contributed by atoms with van der Waals surface area (Å²) in [6, 6.07) is 1.75. The maximum Gasteiger partial charge on any atom is 0.269 e. The summed E-state index contributed by atoms with van der Waals surface area (Å²) in [5.74, 6) is 0.307. The molecule has 1 amide bonds. The second-order valence-electron chi connectivity index (χ2n) is 4.44. The first-order valence-corrected chi connectivity index (χ1v) is 5.58. The van der Waals surface area contributed by atoms with Crippen LogP contribution in [-0.4, -0.2) is 20.1 Å². The van der Waals surface area contributed by atoms with Gasteiger partial charge >= 0.3 is 0 Å². The molecule has 1 saturated carbocycles. The Hall–Kier alpha value is -1.78. The average molecular weight is 218 g/mol. The molecular formula is C11H14N4O. The van der Waals surface area contributed by atoms with Crippen LogP contribution in [0.25, 0.3) is 5.65 Å². The number of carbonyl (C=O) groups excluding carboxylic acids is 1. The number of hydrogen-bond acceptors (Lipinski definition) is 2. The molecule has 5 nitrogen and oxygen atoms in total. The summed E-state index contributed by atoms with van der Waals surface area (Å²) >= 11 is 0. The highest BCUT2D eigenvalue weighted by Gasteiger charge is 2.19. The smallest absolute Gasteiger partial charge is 0.269 e. The Morgan fingerprint density at radius 2 is 2.31 bits per heavy atom. The Morgan fingerprint density at radius 3 is 2.94 bits per heavy atom. The van der Waals surface area contributed by atoms with Crippen LogP contribution < -0.4 is 5.73 Å². The van der Waals surface area contributed by atoms with E-state index in [0.29, 0.717) is 5.69 Å². The van der Waals surface area contributed by atoms with Gasteiger partial charge in [-0.05, 0) is 18.8 Å². The zero-order valence-electron chi connectivity index (χ0n) is 8.97. The summed E-state index contributed by atoms with van der Waals surface area (Å²) < 4.78 is 3.85. The van der Waals surface area contributed by atoms with Crippen LogP contribution in [0.5, 0.6) is 0 Å². The molecule has 84 valence electrons. The first-order valence-electron chi connectivity index (χ1n) is 5.58. The largest absolute Gasteiger partial charge is 0.364 e. The maximum absolute atomic E-state index is 11.0. The molecular weight excluding hydrogens is 204 g/mol. The number of nitrogens with two attached hydrogens (primary N) is 1. The van der Waals surface area contributed by atoms with Crippen molar-refractivity contribution in [3.05, 3.63) is 24.2 Å². The van der Waals surface area contributed by atoms with Crippen molar-refractivity contribution in [1.29, 1.82) is 0 Å². The molecule has 0 aromatic carbocycles. The van der Waals surface area contributed by atoms with Crippen molar-refractivity contribution >= 4 is 11.6 Å². The molecule has 1 fully saturated rings. The Bertz CT molecular complexity index is 535. The van der Waals surface area contributed by atoms with Crippen LogP contribution in [-0.2, 0) is 6.54 Å². The minimum atomic E-state index is -0.473. The molecule has 2 N–H and O–H groups in total. The third kappa shape index (κ3) is 1.39. The highest BCUT2D eigenvalue weighted by molar-refractivity contribution is 5.91. The SMILES string of the molecule is NC(=O)c1cc2n(CC3CCC3)ccn2n1. The van der Waals surface area contributed by atoms with Crippen LogP contribution in [0.4, 0.5) is 0 Å². The van der Waals surface area contributed by atoms with Crippen LogP contribution in [0, 0.1) is 5.92 Å². The zero-order chi connectivity index (χ0) is 11.1. The van der Waals surface area contributed by atoms with Gasteiger partial charge in [0.1, 0.15) is 5.65 Å². The van der Waals surface area contributed by atoms with Crippen molar-refractivity contribution in [2.24, 2.45) is 11.7 Å². The molecule has 0 saturated heterocycles. The van der Waals surface area contributed by atoms with Gasteiger partial charge in [0.2, 0.25) is 0 Å². The van der Waals surface area contributed by atoms with E-state index in [9.17, 15) is 4.79 Å². The number of amides is 1. The van der Waals surface area contributed by atoms with Gasteiger partial charge in [-0.15, -0.1) is 0 Å². The summed E-state index contributed by atoms with van der Waals surface area (Å²) in [6.45, 7) is 1.01. The quantitative estimate of drug-likeness (QED) is 0.836. The van der Waals surface area contributed by atoms with E-state index in [-0.39, 0.29) is 0 Å². The number of primary amides is 1. The molecule has 3 rings (SSSR count). The van der Waals surface area contributed by atoms with Gasteiger partial charge in [-0.25, -0.2) is 4.52 Å². The van der Waals surface area contributed by atoms with Crippen molar-refractivity contribution in [3.63, 3.8) is 0 Å². The van der Waals surface area contributed by atoms with Crippen LogP contribution in [0.1, 0.15) is 29.8 Å². The average Bonchev–Trinajstić information content (AvgIpc) is 2.70. The summed E-state index contributed by atoms with van der Waals surface area (Å²) in [5.41, 5.74) is 6.48. The highest BCUT2D eigenvalue weighted by Crippen LogP contribution is 2.28. The minimum Gasteiger partial charge on any atom is -0.364 e. The van der Waals surface area contributed by atoms with Crippen LogP contribution in [0.15, 0.2) is 18.5 Å². The Morgan fingerprint density at radius 1 is 1.50 bits per heavy atom. The van der Waals surface area contributed by atoms with E-state index in [0.717, 1.165) is 18.1 Å². The number of rotatable bonds is 3. The van der Waals surface area contributed by atoms with Gasteiger partial charge in [-0.1, -0.05) is 6.42 Å². The van der Waals surface area contributed by atoms with Crippen molar-refractivity contribution in [2.75, 3.05) is 0 Å². The lowest BCUT2D eigenvalue weighted by Gasteiger charge is -2.25. The van der Waals surface area contributed by atoms with Crippen LogP contribution >= 0.6 is 0 Å². The predicted octanol–water partition coefficient (Wildman–Crippen LogP) is 1.03. The van der Waals surface area contributed by atoms with Crippen molar-refractivity contribution < 1.29 is 4.79 Å². The van der Waals surface area contributed by atoms with E-state index < -0.39 is 5.91 Å². The molecule has 0 aliphatic heterocycles. The summed E-state index contributed by atoms with van der Waals surface area (Å²) in [4.78, 5) is 11.0. The van der Waals surface area contributed by atoms with Crippen molar-refractivity contribution in [1.82, 2.24) is 14.2 Å². The molecule has 16 heavy (non-hydrogen) atoms. The van der Waals surface area contributed by atoms with Gasteiger partial charge in [0.05, 0.1) is 0 Å². The molecule has 2 heterocycles. The van der Waals surface area contributed by atoms with Gasteiger partial charge < -0.3 is 10.3 Å². The number of imidazole rings is 1. The number of hydrogen-bond donors (Lipinski definition) is 1. The van der Waals surface area contributed by atoms with Crippen molar-refractivity contribution in [3.8, 4) is 0 Å². The molecule has 0 radical (unpaired) electrons. The molecule has 0 bridgehead atoms. The van der Waals surface area contributed by atoms with E-state index in [1.165, 1.54) is 19.3 Å². The first kappa shape index (κ1) is 9.45. The van der Waals surface area contributed by atoms with Crippen molar-refractivity contribution in [2.45, 2.75) is 25.8 Å². The Kier molecular flexibility index (Phi) is 1.99. The molecule has 2 aromatic rings. The monoisotopic (exact) mass is 218 g/mol. The van der Waals surface area contributed by atoms with E-state index in [1.54, 1.807) is 10.6 Å². The maximum atomic E-state index is 11.0. The fourth-order valence-electron chi connectivity index (χ4n) is 2.16. The van der Waals surface area contributed by atoms with Crippen LogP contribution in [0.3, 0.4) is 0 Å². The predicted molar refractivity (Wildman–Crippen MR) is 59.0 cm³/mol. The minimum absolute atomic E-state index is 0.331. The topological polar surface area (TPSA) is 65.3 Å². The van der Waals surface area contributed by atoms with Gasteiger partial charge in [-0.3, -0.25) is 4.79 Å². The lowest BCUT2D eigenvalue weighted by Crippen LogP contribution is -2.17. The van der Waals surface area contributed by atoms with Gasteiger partial charge in [0, 0.05) is 25.0 Å². The molecule has 0 atom stereocenters. The molecule has 1 aliphatic rings. The van der Waals surface area contributed by atoms with Gasteiger partial charge in [-0.2, -0.15) is 5.10 Å². The number of aromatic nitrogens is 3. The lowest BCUT2D eigenvalue weighted by atomic mass is 9.85. The highest BCUT2D eigenvalue weighted by atomic mass is 16.1. The fourth-order valence-corrected chi connectivity index (χ4v) is 2.16. The fraction of sp³-hybridized carbons (Fsp3) is 0.455. The number of nitrogens with zero attached hydrogens (tertiary/aromatic N) is 3. The second-order valence-corrected chi connectivity index (χ2v) is 4.44. The molecule has 0 spiro atoms. The van der Waals surface area contributed by atoms with E-state index in [2.05, 4.69) is 9.67 Å². The lowest BCUT2D eigenvalue weighted by molar-refractivity contribution is 0.0995.